The van der Waals surface area contributed by atoms with E-state index in [4.69, 9.17) is 5.11 Å². The molecule has 0 unspecified atom stereocenters. The molecule has 1 saturated heterocycles. The first-order chi connectivity index (χ1) is 7.56. The van der Waals surface area contributed by atoms with Gasteiger partial charge < -0.3 is 10.0 Å². The number of carboxylic acid groups (broad SMARTS) is 1. The molecule has 0 aliphatic carbocycles. The van der Waals surface area contributed by atoms with Crippen LogP contribution in [0.3, 0.4) is 0 Å². The van der Waals surface area contributed by atoms with Crippen molar-refractivity contribution in [1.29, 1.82) is 0 Å². The first-order valence-electron chi connectivity index (χ1n) is 5.78. The van der Waals surface area contributed by atoms with Gasteiger partial charge in [-0.15, -0.1) is 0 Å². The van der Waals surface area contributed by atoms with Crippen LogP contribution in [-0.2, 0) is 9.59 Å². The van der Waals surface area contributed by atoms with Gasteiger partial charge in [0.1, 0.15) is 0 Å². The maximum Gasteiger partial charge on any atom is 0.303 e. The standard InChI is InChI=1S/C11H20N2O3/c1-3-13(4-2)10(14)8-12-6-9(7-12)5-11(15)16/h9H,3-8H2,1-2H3,(H,15,16). The maximum absolute atomic E-state index is 11.7. The number of hydrogen-bond donors (Lipinski definition) is 1. The van der Waals surface area contributed by atoms with E-state index >= 15 is 0 Å². The summed E-state index contributed by atoms with van der Waals surface area (Å²) in [6.45, 7) is 7.30. The summed E-state index contributed by atoms with van der Waals surface area (Å²) < 4.78 is 0. The van der Waals surface area contributed by atoms with Crippen LogP contribution >= 0.6 is 0 Å². The summed E-state index contributed by atoms with van der Waals surface area (Å²) in [6, 6.07) is 0. The zero-order valence-electron chi connectivity index (χ0n) is 9.98. The molecule has 92 valence electrons. The Bertz CT molecular complexity index is 258. The number of hydrogen-bond acceptors (Lipinski definition) is 3. The first-order valence-corrected chi connectivity index (χ1v) is 5.78. The number of rotatable bonds is 6. The van der Waals surface area contributed by atoms with Gasteiger partial charge >= 0.3 is 5.97 Å². The molecule has 0 aromatic rings. The second kappa shape index (κ2) is 5.84. The van der Waals surface area contributed by atoms with Gasteiger partial charge in [0, 0.05) is 26.2 Å². The molecular formula is C11H20N2O3. The van der Waals surface area contributed by atoms with Gasteiger partial charge in [-0.1, -0.05) is 0 Å². The van der Waals surface area contributed by atoms with Gasteiger partial charge in [-0.05, 0) is 19.8 Å². The number of carbonyl (C=O) groups excluding carboxylic acids is 1. The molecule has 0 saturated carbocycles. The van der Waals surface area contributed by atoms with Crippen LogP contribution < -0.4 is 0 Å². The molecule has 0 spiro atoms. The number of amides is 1. The van der Waals surface area contributed by atoms with Crippen LogP contribution in [0, 0.1) is 5.92 Å². The Balaban J connectivity index is 2.21. The lowest BCUT2D eigenvalue weighted by molar-refractivity contribution is -0.140. The highest BCUT2D eigenvalue weighted by atomic mass is 16.4. The Morgan fingerprint density at radius 3 is 2.31 bits per heavy atom. The summed E-state index contributed by atoms with van der Waals surface area (Å²) in [5.74, 6) is -0.388. The fourth-order valence-electron chi connectivity index (χ4n) is 2.05. The Hall–Kier alpha value is -1.10. The van der Waals surface area contributed by atoms with Crippen LogP contribution in [-0.4, -0.2) is 59.5 Å². The minimum absolute atomic E-state index is 0.138. The molecule has 1 aliphatic rings. The van der Waals surface area contributed by atoms with Crippen molar-refractivity contribution in [3.05, 3.63) is 0 Å². The van der Waals surface area contributed by atoms with E-state index in [-0.39, 0.29) is 18.2 Å². The molecule has 5 nitrogen and oxygen atoms in total. The molecule has 0 aromatic carbocycles. The number of nitrogens with zero attached hydrogens (tertiary/aromatic N) is 2. The lowest BCUT2D eigenvalue weighted by Gasteiger charge is -2.38. The molecule has 0 bridgehead atoms. The summed E-state index contributed by atoms with van der Waals surface area (Å²) in [5, 5.41) is 8.59. The van der Waals surface area contributed by atoms with Crippen LogP contribution in [0.15, 0.2) is 0 Å². The van der Waals surface area contributed by atoms with Gasteiger partial charge in [0.25, 0.3) is 0 Å². The SMILES string of the molecule is CCN(CC)C(=O)CN1CC(CC(=O)O)C1. The van der Waals surface area contributed by atoms with E-state index in [1.54, 1.807) is 4.90 Å². The van der Waals surface area contributed by atoms with Crippen molar-refractivity contribution in [2.45, 2.75) is 20.3 Å². The van der Waals surface area contributed by atoms with E-state index < -0.39 is 5.97 Å². The summed E-state index contributed by atoms with van der Waals surface area (Å²) in [6.07, 6.45) is 0.218. The number of aliphatic carboxylic acids is 1. The Kier molecular flexibility index (Phi) is 4.73. The van der Waals surface area contributed by atoms with E-state index in [1.807, 2.05) is 18.7 Å². The average Bonchev–Trinajstić information content (AvgIpc) is 2.15. The summed E-state index contributed by atoms with van der Waals surface area (Å²) in [7, 11) is 0. The minimum atomic E-state index is -0.750. The third kappa shape index (κ3) is 3.48. The highest BCUT2D eigenvalue weighted by molar-refractivity contribution is 5.78. The molecule has 1 rings (SSSR count). The quantitative estimate of drug-likeness (QED) is 0.708. The highest BCUT2D eigenvalue weighted by Crippen LogP contribution is 2.18. The predicted molar refractivity (Wildman–Crippen MR) is 60.1 cm³/mol. The molecule has 0 atom stereocenters. The molecule has 16 heavy (non-hydrogen) atoms. The number of likely N-dealkylation sites (tertiary alicyclic amines) is 1. The highest BCUT2D eigenvalue weighted by Gasteiger charge is 2.30. The van der Waals surface area contributed by atoms with Crippen molar-refractivity contribution >= 4 is 11.9 Å². The summed E-state index contributed by atoms with van der Waals surface area (Å²) in [4.78, 5) is 25.9. The zero-order valence-corrected chi connectivity index (χ0v) is 9.98. The fourth-order valence-corrected chi connectivity index (χ4v) is 2.05. The minimum Gasteiger partial charge on any atom is -0.481 e. The van der Waals surface area contributed by atoms with Crippen LogP contribution in [0.4, 0.5) is 0 Å². The fraction of sp³-hybridized carbons (Fsp3) is 0.818. The van der Waals surface area contributed by atoms with Gasteiger partial charge in [-0.2, -0.15) is 0 Å². The van der Waals surface area contributed by atoms with E-state index in [9.17, 15) is 9.59 Å². The van der Waals surface area contributed by atoms with Crippen molar-refractivity contribution in [3.63, 3.8) is 0 Å². The van der Waals surface area contributed by atoms with Crippen molar-refractivity contribution in [1.82, 2.24) is 9.80 Å². The third-order valence-corrected chi connectivity index (χ3v) is 2.97. The van der Waals surface area contributed by atoms with Crippen LogP contribution in [0.2, 0.25) is 0 Å². The van der Waals surface area contributed by atoms with Crippen LogP contribution in [0.5, 0.6) is 0 Å². The summed E-state index contributed by atoms with van der Waals surface area (Å²) >= 11 is 0. The Morgan fingerprint density at radius 1 is 1.31 bits per heavy atom. The van der Waals surface area contributed by atoms with Crippen LogP contribution in [0.25, 0.3) is 0 Å². The summed E-state index contributed by atoms with van der Waals surface area (Å²) in [5.41, 5.74) is 0. The first kappa shape index (κ1) is 13.0. The van der Waals surface area contributed by atoms with E-state index in [0.717, 1.165) is 26.2 Å². The molecule has 1 heterocycles. The lowest BCUT2D eigenvalue weighted by atomic mass is 9.96. The second-order valence-corrected chi connectivity index (χ2v) is 4.22. The van der Waals surface area contributed by atoms with Crippen molar-refractivity contribution in [2.24, 2.45) is 5.92 Å². The maximum atomic E-state index is 11.7. The number of carbonyl (C=O) groups is 2. The van der Waals surface area contributed by atoms with Crippen LogP contribution in [0.1, 0.15) is 20.3 Å². The number of carboxylic acids is 1. The van der Waals surface area contributed by atoms with Gasteiger partial charge in [0.05, 0.1) is 13.0 Å². The molecule has 0 aromatic heterocycles. The van der Waals surface area contributed by atoms with Gasteiger partial charge in [0.15, 0.2) is 0 Å². The largest absolute Gasteiger partial charge is 0.481 e. The zero-order chi connectivity index (χ0) is 12.1. The topological polar surface area (TPSA) is 60.9 Å². The second-order valence-electron chi connectivity index (χ2n) is 4.22. The monoisotopic (exact) mass is 228 g/mol. The average molecular weight is 228 g/mol. The Labute approximate surface area is 96.0 Å². The van der Waals surface area contributed by atoms with Crippen molar-refractivity contribution < 1.29 is 14.7 Å². The smallest absolute Gasteiger partial charge is 0.303 e. The van der Waals surface area contributed by atoms with Gasteiger partial charge in [-0.3, -0.25) is 14.5 Å². The molecule has 1 aliphatic heterocycles. The van der Waals surface area contributed by atoms with Gasteiger partial charge in [-0.25, -0.2) is 0 Å². The van der Waals surface area contributed by atoms with E-state index in [2.05, 4.69) is 0 Å². The van der Waals surface area contributed by atoms with E-state index in [0.29, 0.717) is 6.54 Å². The molecule has 0 radical (unpaired) electrons. The molecular weight excluding hydrogens is 208 g/mol. The molecule has 1 fully saturated rings. The molecule has 1 amide bonds. The molecule has 1 N–H and O–H groups in total. The predicted octanol–water partition coefficient (Wildman–Crippen LogP) is 0.261. The van der Waals surface area contributed by atoms with Gasteiger partial charge in [0.2, 0.25) is 5.91 Å². The van der Waals surface area contributed by atoms with Crippen molar-refractivity contribution in [3.8, 4) is 0 Å². The lowest BCUT2D eigenvalue weighted by Crippen LogP contribution is -2.51. The number of likely N-dealkylation sites (N-methyl/N-ethyl adjacent to an activating group) is 1. The Morgan fingerprint density at radius 2 is 1.88 bits per heavy atom. The van der Waals surface area contributed by atoms with E-state index in [1.165, 1.54) is 0 Å². The molecule has 5 heteroatoms. The van der Waals surface area contributed by atoms with Crippen molar-refractivity contribution in [2.75, 3.05) is 32.7 Å². The third-order valence-electron chi connectivity index (χ3n) is 2.97. The normalized spacial score (nSPS) is 16.9.